The monoisotopic (exact) mass is 296 g/mol. The maximum Gasteiger partial charge on any atom is 0.237 e. The molecule has 1 aromatic rings. The number of nitrogens with one attached hydrogen (secondary N) is 1. The van der Waals surface area contributed by atoms with Gasteiger partial charge in [-0.2, -0.15) is 11.3 Å². The first kappa shape index (κ1) is 15.5. The van der Waals surface area contributed by atoms with Crippen LogP contribution in [0.5, 0.6) is 0 Å². The first-order chi connectivity index (χ1) is 9.72. The van der Waals surface area contributed by atoms with Gasteiger partial charge in [-0.15, -0.1) is 0 Å². The number of carbonyl (C=O) groups is 1. The molecule has 0 radical (unpaired) electrons. The Labute approximate surface area is 124 Å². The normalized spacial score (nSPS) is 21.6. The lowest BCUT2D eigenvalue weighted by Gasteiger charge is -2.34. The Morgan fingerprint density at radius 1 is 1.60 bits per heavy atom. The summed E-state index contributed by atoms with van der Waals surface area (Å²) in [6.45, 7) is 4.43. The van der Waals surface area contributed by atoms with Gasteiger partial charge in [0.2, 0.25) is 5.91 Å². The molecule has 1 aliphatic heterocycles. The van der Waals surface area contributed by atoms with Gasteiger partial charge in [0.1, 0.15) is 0 Å². The molecule has 0 spiro atoms. The lowest BCUT2D eigenvalue weighted by Crippen LogP contribution is -2.50. The zero-order valence-corrected chi connectivity index (χ0v) is 12.9. The molecule has 2 rings (SSSR count). The number of thiophene rings is 1. The van der Waals surface area contributed by atoms with E-state index in [0.717, 1.165) is 37.9 Å². The van der Waals surface area contributed by atoms with Crippen molar-refractivity contribution in [2.75, 3.05) is 19.6 Å². The molecule has 0 aliphatic carbocycles. The number of likely N-dealkylation sites (tertiary alicyclic amines) is 1. The summed E-state index contributed by atoms with van der Waals surface area (Å²) in [5.41, 5.74) is 0.879. The molecule has 2 unspecified atom stereocenters. The average molecular weight is 296 g/mol. The molecule has 1 fully saturated rings. The number of hydrogen-bond acceptors (Lipinski definition) is 4. The van der Waals surface area contributed by atoms with Gasteiger partial charge in [0, 0.05) is 6.54 Å². The van der Waals surface area contributed by atoms with E-state index in [0.29, 0.717) is 6.54 Å². The molecule has 2 atom stereocenters. The second kappa shape index (κ2) is 7.76. The third-order valence-corrected chi connectivity index (χ3v) is 4.53. The SMILES string of the molecule is CCCN1CCCCC1C(=O)NCC(O)c1ccsc1. The summed E-state index contributed by atoms with van der Waals surface area (Å²) in [5, 5.41) is 16.8. The van der Waals surface area contributed by atoms with Crippen molar-refractivity contribution >= 4 is 17.2 Å². The van der Waals surface area contributed by atoms with Gasteiger partial charge >= 0.3 is 0 Å². The summed E-state index contributed by atoms with van der Waals surface area (Å²) in [4.78, 5) is 14.6. The van der Waals surface area contributed by atoms with E-state index < -0.39 is 6.10 Å². The second-order valence-electron chi connectivity index (χ2n) is 5.37. The number of nitrogens with zero attached hydrogens (tertiary/aromatic N) is 1. The van der Waals surface area contributed by atoms with Crippen LogP contribution in [-0.2, 0) is 4.79 Å². The van der Waals surface area contributed by atoms with Crippen molar-refractivity contribution in [1.29, 1.82) is 0 Å². The number of aliphatic hydroxyl groups excluding tert-OH is 1. The van der Waals surface area contributed by atoms with E-state index in [4.69, 9.17) is 0 Å². The first-order valence-corrected chi connectivity index (χ1v) is 8.38. The Morgan fingerprint density at radius 3 is 3.15 bits per heavy atom. The second-order valence-corrected chi connectivity index (χ2v) is 6.15. The molecule has 0 bridgehead atoms. The van der Waals surface area contributed by atoms with E-state index in [1.54, 1.807) is 11.3 Å². The number of hydrogen-bond donors (Lipinski definition) is 2. The lowest BCUT2D eigenvalue weighted by atomic mass is 10.0. The topological polar surface area (TPSA) is 52.6 Å². The molecule has 0 aromatic carbocycles. The summed E-state index contributed by atoms with van der Waals surface area (Å²) >= 11 is 1.56. The van der Waals surface area contributed by atoms with Crippen LogP contribution < -0.4 is 5.32 Å². The van der Waals surface area contributed by atoms with Gasteiger partial charge in [0.05, 0.1) is 12.1 Å². The first-order valence-electron chi connectivity index (χ1n) is 7.44. The van der Waals surface area contributed by atoms with Crippen molar-refractivity contribution in [3.05, 3.63) is 22.4 Å². The Bertz CT molecular complexity index is 406. The number of piperidine rings is 1. The van der Waals surface area contributed by atoms with Crippen molar-refractivity contribution < 1.29 is 9.90 Å². The van der Waals surface area contributed by atoms with Gasteiger partial charge in [-0.05, 0) is 54.7 Å². The van der Waals surface area contributed by atoms with Gasteiger partial charge < -0.3 is 10.4 Å². The highest BCUT2D eigenvalue weighted by atomic mass is 32.1. The average Bonchev–Trinajstić information content (AvgIpc) is 2.99. The zero-order valence-electron chi connectivity index (χ0n) is 12.0. The Kier molecular flexibility index (Phi) is 6.01. The van der Waals surface area contributed by atoms with E-state index in [9.17, 15) is 9.90 Å². The fourth-order valence-electron chi connectivity index (χ4n) is 2.74. The maximum absolute atomic E-state index is 12.3. The molecule has 20 heavy (non-hydrogen) atoms. The van der Waals surface area contributed by atoms with Crippen LogP contribution in [0.1, 0.15) is 44.3 Å². The number of carbonyl (C=O) groups excluding carboxylic acids is 1. The van der Waals surface area contributed by atoms with Crippen molar-refractivity contribution in [3.8, 4) is 0 Å². The molecule has 112 valence electrons. The minimum Gasteiger partial charge on any atom is -0.387 e. The molecular weight excluding hydrogens is 272 g/mol. The number of amides is 1. The number of aliphatic hydroxyl groups is 1. The van der Waals surface area contributed by atoms with E-state index in [1.807, 2.05) is 16.8 Å². The van der Waals surface area contributed by atoms with Crippen LogP contribution in [0, 0.1) is 0 Å². The minimum absolute atomic E-state index is 0.0154. The molecule has 4 nitrogen and oxygen atoms in total. The fraction of sp³-hybridized carbons (Fsp3) is 0.667. The molecule has 1 amide bonds. The van der Waals surface area contributed by atoms with Crippen molar-refractivity contribution in [3.63, 3.8) is 0 Å². The standard InChI is InChI=1S/C15H24N2O2S/c1-2-7-17-8-4-3-5-13(17)15(19)16-10-14(18)12-6-9-20-11-12/h6,9,11,13-14,18H,2-5,7-8,10H2,1H3,(H,16,19). The smallest absolute Gasteiger partial charge is 0.237 e. The molecule has 1 saturated heterocycles. The van der Waals surface area contributed by atoms with Crippen LogP contribution in [0.3, 0.4) is 0 Å². The molecule has 5 heteroatoms. The van der Waals surface area contributed by atoms with Crippen molar-refractivity contribution in [2.24, 2.45) is 0 Å². The van der Waals surface area contributed by atoms with Gasteiger partial charge in [0.15, 0.2) is 0 Å². The minimum atomic E-state index is -0.603. The van der Waals surface area contributed by atoms with E-state index >= 15 is 0 Å². The Balaban J connectivity index is 1.83. The predicted octanol–water partition coefficient (Wildman–Crippen LogP) is 2.16. The predicted molar refractivity (Wildman–Crippen MR) is 81.8 cm³/mol. The largest absolute Gasteiger partial charge is 0.387 e. The van der Waals surface area contributed by atoms with E-state index in [1.165, 1.54) is 6.42 Å². The van der Waals surface area contributed by atoms with Crippen LogP contribution in [-0.4, -0.2) is 41.6 Å². The third-order valence-electron chi connectivity index (χ3n) is 3.82. The number of rotatable bonds is 6. The Hall–Kier alpha value is -0.910. The van der Waals surface area contributed by atoms with E-state index in [-0.39, 0.29) is 11.9 Å². The molecule has 0 saturated carbocycles. The summed E-state index contributed by atoms with van der Waals surface area (Å²) in [7, 11) is 0. The van der Waals surface area contributed by atoms with Crippen LogP contribution in [0.25, 0.3) is 0 Å². The lowest BCUT2D eigenvalue weighted by molar-refractivity contribution is -0.128. The highest BCUT2D eigenvalue weighted by molar-refractivity contribution is 7.07. The Morgan fingerprint density at radius 2 is 2.45 bits per heavy atom. The summed E-state index contributed by atoms with van der Waals surface area (Å²) in [6.07, 6.45) is 3.70. The highest BCUT2D eigenvalue weighted by Crippen LogP contribution is 2.18. The summed E-state index contributed by atoms with van der Waals surface area (Å²) < 4.78 is 0. The van der Waals surface area contributed by atoms with Gasteiger partial charge in [-0.3, -0.25) is 9.69 Å². The van der Waals surface area contributed by atoms with Gasteiger partial charge in [-0.1, -0.05) is 13.3 Å². The van der Waals surface area contributed by atoms with E-state index in [2.05, 4.69) is 17.1 Å². The van der Waals surface area contributed by atoms with Crippen molar-refractivity contribution in [2.45, 2.75) is 44.8 Å². The quantitative estimate of drug-likeness (QED) is 0.846. The fourth-order valence-corrected chi connectivity index (χ4v) is 3.45. The highest BCUT2D eigenvalue weighted by Gasteiger charge is 2.28. The molecular formula is C15H24N2O2S. The van der Waals surface area contributed by atoms with Gasteiger partial charge in [-0.25, -0.2) is 0 Å². The van der Waals surface area contributed by atoms with Gasteiger partial charge in [0.25, 0.3) is 0 Å². The van der Waals surface area contributed by atoms with Crippen molar-refractivity contribution in [1.82, 2.24) is 10.2 Å². The summed E-state index contributed by atoms with van der Waals surface area (Å²) in [6, 6.07) is 1.88. The van der Waals surface area contributed by atoms with Crippen LogP contribution in [0.15, 0.2) is 16.8 Å². The maximum atomic E-state index is 12.3. The zero-order chi connectivity index (χ0) is 14.4. The van der Waals surface area contributed by atoms with Crippen LogP contribution in [0.2, 0.25) is 0 Å². The molecule has 1 aliphatic rings. The molecule has 1 aromatic heterocycles. The molecule has 2 heterocycles. The third kappa shape index (κ3) is 4.04. The molecule has 2 N–H and O–H groups in total. The van der Waals surface area contributed by atoms with Crippen LogP contribution >= 0.6 is 11.3 Å². The summed E-state index contributed by atoms with van der Waals surface area (Å²) in [5.74, 6) is 0.0624. The van der Waals surface area contributed by atoms with Crippen LogP contribution in [0.4, 0.5) is 0 Å².